The fourth-order valence-corrected chi connectivity index (χ4v) is 1.37. The largest absolute Gasteiger partial charge is 0.379 e. The highest BCUT2D eigenvalue weighted by Crippen LogP contribution is 1.94. The molecule has 0 fully saturated rings. The molecule has 0 amide bonds. The van der Waals surface area contributed by atoms with Gasteiger partial charge in [0.05, 0.1) is 33.0 Å². The maximum atomic E-state index is 11.4. The predicted molar refractivity (Wildman–Crippen MR) is 77.3 cm³/mol. The lowest BCUT2D eigenvalue weighted by molar-refractivity contribution is -0.125. The van der Waals surface area contributed by atoms with E-state index < -0.39 is 0 Å². The van der Waals surface area contributed by atoms with E-state index in [0.717, 1.165) is 0 Å². The summed E-state index contributed by atoms with van der Waals surface area (Å²) < 4.78 is 20.6. The Morgan fingerprint density at radius 3 is 2.00 bits per heavy atom. The summed E-state index contributed by atoms with van der Waals surface area (Å²) in [5.74, 6) is 0.0410. The zero-order chi connectivity index (χ0) is 15.8. The molecule has 0 aliphatic carbocycles. The van der Waals surface area contributed by atoms with Gasteiger partial charge in [-0.1, -0.05) is 0 Å². The van der Waals surface area contributed by atoms with Crippen LogP contribution in [0.5, 0.6) is 0 Å². The van der Waals surface area contributed by atoms with Crippen molar-refractivity contribution in [2.75, 3.05) is 59.4 Å². The Bertz CT molecular complexity index is 272. The second-order valence-corrected chi connectivity index (χ2v) is 4.46. The Morgan fingerprint density at radius 1 is 0.810 bits per heavy atom. The van der Waals surface area contributed by atoms with Gasteiger partial charge in [-0.3, -0.25) is 9.59 Å². The molecule has 0 rings (SSSR count). The molecule has 0 unspecified atom stereocenters. The fourth-order valence-electron chi connectivity index (χ4n) is 1.37. The van der Waals surface area contributed by atoms with Gasteiger partial charge in [0.2, 0.25) is 0 Å². The summed E-state index contributed by atoms with van der Waals surface area (Å²) in [4.78, 5) is 22.0. The number of carbonyl (C=O) groups is 2. The van der Waals surface area contributed by atoms with E-state index >= 15 is 0 Å². The second-order valence-electron chi connectivity index (χ2n) is 4.46. The molecule has 21 heavy (non-hydrogen) atoms. The highest BCUT2D eigenvalue weighted by atomic mass is 16.5. The van der Waals surface area contributed by atoms with Crippen LogP contribution in [0.4, 0.5) is 0 Å². The van der Waals surface area contributed by atoms with Crippen LogP contribution in [0.1, 0.15) is 19.8 Å². The van der Waals surface area contributed by atoms with E-state index in [-0.39, 0.29) is 24.8 Å². The maximum Gasteiger partial charge on any atom is 0.158 e. The summed E-state index contributed by atoms with van der Waals surface area (Å²) in [6, 6.07) is 0. The summed E-state index contributed by atoms with van der Waals surface area (Å²) in [5, 5.41) is 0. The van der Waals surface area contributed by atoms with Crippen LogP contribution >= 0.6 is 0 Å². The highest BCUT2D eigenvalue weighted by molar-refractivity contribution is 5.79. The normalized spacial score (nSPS) is 10.8. The number of nitrogens with two attached hydrogens (primary N) is 1. The zero-order valence-electron chi connectivity index (χ0n) is 12.8. The molecule has 0 aliphatic heterocycles. The van der Waals surface area contributed by atoms with Crippen LogP contribution in [0.15, 0.2) is 0 Å². The molecule has 0 spiro atoms. The first-order valence-electron chi connectivity index (χ1n) is 7.19. The van der Waals surface area contributed by atoms with Crippen molar-refractivity contribution in [1.29, 1.82) is 0 Å². The predicted octanol–water partition coefficient (Wildman–Crippen LogP) is -0.0502. The van der Waals surface area contributed by atoms with Gasteiger partial charge in [0.25, 0.3) is 0 Å². The topological polar surface area (TPSA) is 97.1 Å². The summed E-state index contributed by atoms with van der Waals surface area (Å²) in [7, 11) is 0. The molecule has 0 aromatic carbocycles. The smallest absolute Gasteiger partial charge is 0.158 e. The number of rotatable bonds is 16. The van der Waals surface area contributed by atoms with Crippen molar-refractivity contribution in [3.63, 3.8) is 0 Å². The Kier molecular flexibility index (Phi) is 14.9. The number of ketones is 2. The highest BCUT2D eigenvalue weighted by Gasteiger charge is 2.02. The van der Waals surface area contributed by atoms with E-state index in [1.165, 1.54) is 6.92 Å². The lowest BCUT2D eigenvalue weighted by atomic mass is 10.2. The van der Waals surface area contributed by atoms with Gasteiger partial charge in [-0.2, -0.15) is 0 Å². The lowest BCUT2D eigenvalue weighted by Gasteiger charge is -2.06. The summed E-state index contributed by atoms with van der Waals surface area (Å²) in [5.41, 5.74) is 5.26. The Hall–Kier alpha value is -0.860. The molecule has 2 N–H and O–H groups in total. The first-order valence-corrected chi connectivity index (χ1v) is 7.19. The van der Waals surface area contributed by atoms with E-state index in [9.17, 15) is 9.59 Å². The molecule has 0 aromatic heterocycles. The summed E-state index contributed by atoms with van der Waals surface area (Å²) >= 11 is 0. The van der Waals surface area contributed by atoms with Gasteiger partial charge < -0.3 is 24.7 Å². The number of hydrogen-bond acceptors (Lipinski definition) is 7. The molecular weight excluding hydrogens is 278 g/mol. The number of carbonyl (C=O) groups excluding carboxylic acids is 2. The van der Waals surface area contributed by atoms with E-state index in [4.69, 9.17) is 24.7 Å². The van der Waals surface area contributed by atoms with E-state index in [1.807, 2.05) is 0 Å². The molecule has 0 saturated heterocycles. The molecule has 7 nitrogen and oxygen atoms in total. The fraction of sp³-hybridized carbons (Fsp3) is 0.857. The Morgan fingerprint density at radius 2 is 1.38 bits per heavy atom. The zero-order valence-corrected chi connectivity index (χ0v) is 12.8. The Balaban J connectivity index is 3.17. The molecular formula is C14H27NO6. The molecule has 0 atom stereocenters. The second kappa shape index (κ2) is 15.5. The molecule has 0 aliphatic rings. The van der Waals surface area contributed by atoms with Crippen LogP contribution in [-0.2, 0) is 28.5 Å². The third-order valence-electron chi connectivity index (χ3n) is 2.32. The van der Waals surface area contributed by atoms with Crippen molar-refractivity contribution in [2.24, 2.45) is 5.73 Å². The molecule has 0 radical (unpaired) electrons. The molecule has 0 bridgehead atoms. The van der Waals surface area contributed by atoms with Crippen molar-refractivity contribution >= 4 is 11.6 Å². The van der Waals surface area contributed by atoms with Crippen LogP contribution in [0, 0.1) is 0 Å². The minimum absolute atomic E-state index is 0.00553. The van der Waals surface area contributed by atoms with Crippen LogP contribution in [-0.4, -0.2) is 71.0 Å². The standard InChI is InChI=1S/C14H27NO6/c1-13(16)11-20-9-7-18-5-2-3-14(17)12-21-10-8-19-6-4-15/h2-12,15H2,1H3. The van der Waals surface area contributed by atoms with Gasteiger partial charge in [-0.15, -0.1) is 0 Å². The minimum atomic E-state index is -0.00553. The van der Waals surface area contributed by atoms with E-state index in [1.54, 1.807) is 0 Å². The van der Waals surface area contributed by atoms with Crippen molar-refractivity contribution in [1.82, 2.24) is 0 Å². The van der Waals surface area contributed by atoms with Crippen molar-refractivity contribution < 1.29 is 28.5 Å². The van der Waals surface area contributed by atoms with Crippen LogP contribution in [0.2, 0.25) is 0 Å². The lowest BCUT2D eigenvalue weighted by Crippen LogP contribution is -2.15. The molecule has 0 heterocycles. The van der Waals surface area contributed by atoms with E-state index in [2.05, 4.69) is 0 Å². The van der Waals surface area contributed by atoms with Gasteiger partial charge in [-0.25, -0.2) is 0 Å². The quantitative estimate of drug-likeness (QED) is 0.399. The molecule has 7 heteroatoms. The van der Waals surface area contributed by atoms with Crippen LogP contribution in [0.3, 0.4) is 0 Å². The summed E-state index contributed by atoms with van der Waals surface area (Å²) in [6.07, 6.45) is 1.08. The minimum Gasteiger partial charge on any atom is -0.379 e. The molecule has 0 aromatic rings. The van der Waals surface area contributed by atoms with Gasteiger partial charge in [0.15, 0.2) is 11.6 Å². The maximum absolute atomic E-state index is 11.4. The van der Waals surface area contributed by atoms with Crippen molar-refractivity contribution in [3.8, 4) is 0 Å². The Labute approximate surface area is 126 Å². The first-order chi connectivity index (χ1) is 10.2. The first kappa shape index (κ1) is 20.1. The molecule has 0 saturated carbocycles. The SMILES string of the molecule is CC(=O)COCCOCCCC(=O)COCCOCCN. The number of ether oxygens (including phenoxy) is 4. The van der Waals surface area contributed by atoms with Gasteiger partial charge in [-0.05, 0) is 13.3 Å². The third-order valence-corrected chi connectivity index (χ3v) is 2.32. The van der Waals surface area contributed by atoms with Gasteiger partial charge >= 0.3 is 0 Å². The van der Waals surface area contributed by atoms with Crippen molar-refractivity contribution in [3.05, 3.63) is 0 Å². The van der Waals surface area contributed by atoms with Gasteiger partial charge in [0.1, 0.15) is 13.2 Å². The van der Waals surface area contributed by atoms with Crippen LogP contribution in [0.25, 0.3) is 0 Å². The monoisotopic (exact) mass is 305 g/mol. The number of hydrogen-bond donors (Lipinski definition) is 1. The van der Waals surface area contributed by atoms with E-state index in [0.29, 0.717) is 59.0 Å². The summed E-state index contributed by atoms with van der Waals surface area (Å²) in [6.45, 7) is 4.85. The van der Waals surface area contributed by atoms with Crippen molar-refractivity contribution in [2.45, 2.75) is 19.8 Å². The van der Waals surface area contributed by atoms with Crippen LogP contribution < -0.4 is 5.73 Å². The number of Topliss-reactive ketones (excluding diaryl/α,β-unsaturated/α-hetero) is 2. The van der Waals surface area contributed by atoms with Gasteiger partial charge in [0, 0.05) is 19.6 Å². The molecule has 124 valence electrons. The third kappa shape index (κ3) is 17.1. The average molecular weight is 305 g/mol. The average Bonchev–Trinajstić information content (AvgIpc) is 2.45.